The van der Waals surface area contributed by atoms with E-state index in [9.17, 15) is 0 Å². The van der Waals surface area contributed by atoms with Crippen LogP contribution in [0.5, 0.6) is 5.75 Å². The third-order valence-corrected chi connectivity index (χ3v) is 6.04. The van der Waals surface area contributed by atoms with Gasteiger partial charge in [0.1, 0.15) is 11.6 Å². The summed E-state index contributed by atoms with van der Waals surface area (Å²) in [7, 11) is 1.72. The molecule has 5 nitrogen and oxygen atoms in total. The third-order valence-electron chi connectivity index (χ3n) is 6.04. The zero-order valence-corrected chi connectivity index (χ0v) is 17.9. The smallest absolute Gasteiger partial charge is 0.228 e. The molecule has 1 aromatic heterocycles. The van der Waals surface area contributed by atoms with Gasteiger partial charge >= 0.3 is 0 Å². The summed E-state index contributed by atoms with van der Waals surface area (Å²) < 4.78 is 5.41. The van der Waals surface area contributed by atoms with Crippen molar-refractivity contribution in [2.75, 3.05) is 23.9 Å². The number of anilines is 2. The molecule has 1 N–H and O–H groups in total. The van der Waals surface area contributed by atoms with E-state index in [1.807, 2.05) is 24.3 Å². The van der Waals surface area contributed by atoms with Crippen molar-refractivity contribution in [3.63, 3.8) is 0 Å². The lowest BCUT2D eigenvalue weighted by Crippen LogP contribution is -2.35. The zero-order chi connectivity index (χ0) is 21.2. The largest absolute Gasteiger partial charge is 0.497 e. The van der Waals surface area contributed by atoms with Crippen molar-refractivity contribution in [3.8, 4) is 5.75 Å². The highest BCUT2D eigenvalue weighted by Gasteiger charge is 2.27. The fraction of sp³-hybridized carbons (Fsp3) is 0.231. The molecule has 4 aromatic rings. The first kappa shape index (κ1) is 19.4. The zero-order valence-electron chi connectivity index (χ0n) is 17.9. The first-order valence-corrected chi connectivity index (χ1v) is 10.7. The SMILES string of the molecule is COc1ccc2c(c1)CCN(c1nc(NCc3ccccc3)c3ccccc3n1)C2C. The van der Waals surface area contributed by atoms with Gasteiger partial charge in [-0.15, -0.1) is 0 Å². The molecule has 0 fully saturated rings. The van der Waals surface area contributed by atoms with Crippen LogP contribution in [0.15, 0.2) is 72.8 Å². The Morgan fingerprint density at radius 1 is 1.00 bits per heavy atom. The number of methoxy groups -OCH3 is 1. The van der Waals surface area contributed by atoms with Gasteiger partial charge in [-0.05, 0) is 54.3 Å². The van der Waals surface area contributed by atoms with Crippen molar-refractivity contribution in [2.24, 2.45) is 0 Å². The molecule has 1 aliphatic rings. The number of hydrogen-bond acceptors (Lipinski definition) is 5. The van der Waals surface area contributed by atoms with Gasteiger partial charge in [0.05, 0.1) is 18.7 Å². The Bertz CT molecular complexity index is 1210. The van der Waals surface area contributed by atoms with E-state index >= 15 is 0 Å². The highest BCUT2D eigenvalue weighted by molar-refractivity contribution is 5.90. The molecule has 0 spiro atoms. The normalized spacial score (nSPS) is 15.5. The topological polar surface area (TPSA) is 50.3 Å². The minimum Gasteiger partial charge on any atom is -0.497 e. The molecule has 31 heavy (non-hydrogen) atoms. The summed E-state index contributed by atoms with van der Waals surface area (Å²) in [5.74, 6) is 2.55. The maximum absolute atomic E-state index is 5.41. The second-order valence-corrected chi connectivity index (χ2v) is 7.91. The second kappa shape index (κ2) is 8.26. The Kier molecular flexibility index (Phi) is 5.16. The molecule has 0 saturated heterocycles. The summed E-state index contributed by atoms with van der Waals surface area (Å²) in [5, 5.41) is 4.58. The molecule has 1 aliphatic heterocycles. The standard InChI is InChI=1S/C26H26N4O/c1-18-22-13-12-21(31-2)16-20(22)14-15-30(18)26-28-24-11-7-6-10-23(24)25(29-26)27-17-19-8-4-3-5-9-19/h3-13,16,18H,14-15,17H2,1-2H3,(H,27,28,29). The first-order chi connectivity index (χ1) is 15.2. The summed E-state index contributed by atoms with van der Waals surface area (Å²) >= 11 is 0. The van der Waals surface area contributed by atoms with Gasteiger partial charge in [0.2, 0.25) is 5.95 Å². The first-order valence-electron chi connectivity index (χ1n) is 10.7. The second-order valence-electron chi connectivity index (χ2n) is 7.91. The van der Waals surface area contributed by atoms with Gasteiger partial charge in [0.25, 0.3) is 0 Å². The van der Waals surface area contributed by atoms with Gasteiger partial charge in [0.15, 0.2) is 0 Å². The number of hydrogen-bond donors (Lipinski definition) is 1. The molecule has 1 atom stereocenters. The molecular weight excluding hydrogens is 384 g/mol. The van der Waals surface area contributed by atoms with E-state index in [0.29, 0.717) is 0 Å². The Hall–Kier alpha value is -3.60. The Morgan fingerprint density at radius 2 is 1.81 bits per heavy atom. The highest BCUT2D eigenvalue weighted by atomic mass is 16.5. The molecule has 156 valence electrons. The lowest BCUT2D eigenvalue weighted by molar-refractivity contribution is 0.413. The van der Waals surface area contributed by atoms with E-state index in [2.05, 4.69) is 65.7 Å². The van der Waals surface area contributed by atoms with Crippen LogP contribution in [-0.4, -0.2) is 23.6 Å². The fourth-order valence-electron chi connectivity index (χ4n) is 4.32. The summed E-state index contributed by atoms with van der Waals surface area (Å²) in [6.45, 7) is 3.82. The van der Waals surface area contributed by atoms with Crippen LogP contribution in [0.1, 0.15) is 29.7 Å². The van der Waals surface area contributed by atoms with Crippen LogP contribution in [0.25, 0.3) is 10.9 Å². The molecule has 0 bridgehead atoms. The predicted octanol–water partition coefficient (Wildman–Crippen LogP) is 5.37. The molecule has 5 rings (SSSR count). The lowest BCUT2D eigenvalue weighted by Gasteiger charge is -2.35. The Labute approximate surface area is 182 Å². The van der Waals surface area contributed by atoms with E-state index in [1.54, 1.807) is 7.11 Å². The van der Waals surface area contributed by atoms with Gasteiger partial charge in [-0.1, -0.05) is 48.5 Å². The number of ether oxygens (including phenoxy) is 1. The molecule has 0 saturated carbocycles. The number of para-hydroxylation sites is 1. The maximum atomic E-state index is 5.41. The number of benzene rings is 3. The van der Waals surface area contributed by atoms with Crippen molar-refractivity contribution in [1.82, 2.24) is 9.97 Å². The third kappa shape index (κ3) is 3.79. The van der Waals surface area contributed by atoms with Crippen LogP contribution in [0.2, 0.25) is 0 Å². The lowest BCUT2D eigenvalue weighted by atomic mass is 9.93. The summed E-state index contributed by atoms with van der Waals surface area (Å²) in [6.07, 6.45) is 0.944. The Balaban J connectivity index is 1.49. The summed E-state index contributed by atoms with van der Waals surface area (Å²) in [5.41, 5.74) is 4.82. The van der Waals surface area contributed by atoms with Crippen LogP contribution in [0.3, 0.4) is 0 Å². The minimum atomic E-state index is 0.192. The molecular formula is C26H26N4O. The highest BCUT2D eigenvalue weighted by Crippen LogP contribution is 2.35. The maximum Gasteiger partial charge on any atom is 0.228 e. The number of nitrogens with one attached hydrogen (secondary N) is 1. The molecule has 3 aromatic carbocycles. The quantitative estimate of drug-likeness (QED) is 0.479. The van der Waals surface area contributed by atoms with Crippen molar-refractivity contribution >= 4 is 22.7 Å². The van der Waals surface area contributed by atoms with Crippen molar-refractivity contribution in [1.29, 1.82) is 0 Å². The molecule has 5 heteroatoms. The van der Waals surface area contributed by atoms with Crippen molar-refractivity contribution in [3.05, 3.63) is 89.5 Å². The monoisotopic (exact) mass is 410 g/mol. The Morgan fingerprint density at radius 3 is 2.65 bits per heavy atom. The number of rotatable bonds is 5. The van der Waals surface area contributed by atoms with E-state index in [0.717, 1.165) is 47.9 Å². The average Bonchev–Trinajstić information content (AvgIpc) is 2.83. The van der Waals surface area contributed by atoms with Crippen LogP contribution in [0.4, 0.5) is 11.8 Å². The van der Waals surface area contributed by atoms with Crippen molar-refractivity contribution < 1.29 is 4.74 Å². The predicted molar refractivity (Wildman–Crippen MR) is 126 cm³/mol. The van der Waals surface area contributed by atoms with E-state index in [-0.39, 0.29) is 6.04 Å². The minimum absolute atomic E-state index is 0.192. The molecule has 0 aliphatic carbocycles. The molecule has 0 amide bonds. The van der Waals surface area contributed by atoms with Gasteiger partial charge in [-0.2, -0.15) is 4.98 Å². The number of fused-ring (bicyclic) bond motifs is 2. The van der Waals surface area contributed by atoms with Crippen LogP contribution >= 0.6 is 0 Å². The van der Waals surface area contributed by atoms with Crippen LogP contribution in [-0.2, 0) is 13.0 Å². The van der Waals surface area contributed by atoms with Gasteiger partial charge in [-0.3, -0.25) is 0 Å². The van der Waals surface area contributed by atoms with Gasteiger partial charge < -0.3 is 15.0 Å². The van der Waals surface area contributed by atoms with Gasteiger partial charge in [-0.25, -0.2) is 4.98 Å². The summed E-state index contributed by atoms with van der Waals surface area (Å²) in [6, 6.07) is 25.1. The van der Waals surface area contributed by atoms with Crippen LogP contribution < -0.4 is 15.0 Å². The van der Waals surface area contributed by atoms with E-state index in [4.69, 9.17) is 14.7 Å². The average molecular weight is 411 g/mol. The van der Waals surface area contributed by atoms with Crippen molar-refractivity contribution in [2.45, 2.75) is 25.9 Å². The van der Waals surface area contributed by atoms with E-state index < -0.39 is 0 Å². The molecule has 1 unspecified atom stereocenters. The number of nitrogens with zero attached hydrogens (tertiary/aromatic N) is 3. The fourth-order valence-corrected chi connectivity index (χ4v) is 4.32. The molecule has 0 radical (unpaired) electrons. The van der Waals surface area contributed by atoms with Crippen LogP contribution in [0, 0.1) is 0 Å². The number of aromatic nitrogens is 2. The summed E-state index contributed by atoms with van der Waals surface area (Å²) in [4.78, 5) is 12.2. The van der Waals surface area contributed by atoms with E-state index in [1.165, 1.54) is 16.7 Å². The molecule has 2 heterocycles. The van der Waals surface area contributed by atoms with Gasteiger partial charge in [0, 0.05) is 18.5 Å².